The second-order valence-corrected chi connectivity index (χ2v) is 3.38. The highest BCUT2D eigenvalue weighted by Crippen LogP contribution is 1.93. The van der Waals surface area contributed by atoms with Crippen molar-refractivity contribution < 1.29 is 4.79 Å². The molecule has 88 valence electrons. The van der Waals surface area contributed by atoms with Gasteiger partial charge in [-0.25, -0.2) is 9.97 Å². The fourth-order valence-electron chi connectivity index (χ4n) is 1.32. The normalized spacial score (nSPS) is 10.1. The van der Waals surface area contributed by atoms with Gasteiger partial charge < -0.3 is 5.32 Å². The van der Waals surface area contributed by atoms with E-state index in [1.165, 1.54) is 24.9 Å². The van der Waals surface area contributed by atoms with Crippen LogP contribution in [0.3, 0.4) is 0 Å². The molecule has 7 nitrogen and oxygen atoms in total. The second kappa shape index (κ2) is 5.69. The van der Waals surface area contributed by atoms with Crippen molar-refractivity contribution in [2.24, 2.45) is 0 Å². The zero-order valence-corrected chi connectivity index (χ0v) is 9.13. The standard InChI is InChI=1S/C10H12N6O/c17-10(8-6-11-4-5-12-8)13-3-1-2-9-14-7-15-16-9/h4-7H,1-3H2,(H,13,17)(H,14,15,16). The Balaban J connectivity index is 1.70. The average Bonchev–Trinajstić information content (AvgIpc) is 2.88. The lowest BCUT2D eigenvalue weighted by molar-refractivity contribution is 0.0948. The molecular formula is C10H12N6O. The molecule has 17 heavy (non-hydrogen) atoms. The number of hydrogen-bond donors (Lipinski definition) is 2. The van der Waals surface area contributed by atoms with E-state index in [-0.39, 0.29) is 5.91 Å². The third-order valence-corrected chi connectivity index (χ3v) is 2.14. The molecule has 0 bridgehead atoms. The SMILES string of the molecule is O=C(NCCCc1ncn[nH]1)c1cnccn1. The van der Waals surface area contributed by atoms with E-state index in [4.69, 9.17) is 0 Å². The smallest absolute Gasteiger partial charge is 0.271 e. The predicted molar refractivity (Wildman–Crippen MR) is 59.1 cm³/mol. The van der Waals surface area contributed by atoms with Gasteiger partial charge in [-0.3, -0.25) is 14.9 Å². The highest BCUT2D eigenvalue weighted by molar-refractivity contribution is 5.91. The van der Waals surface area contributed by atoms with Gasteiger partial charge in [0.2, 0.25) is 0 Å². The van der Waals surface area contributed by atoms with E-state index in [2.05, 4.69) is 30.5 Å². The van der Waals surface area contributed by atoms with Gasteiger partial charge in [-0.05, 0) is 6.42 Å². The van der Waals surface area contributed by atoms with Gasteiger partial charge in [-0.1, -0.05) is 0 Å². The van der Waals surface area contributed by atoms with Crippen LogP contribution in [0.25, 0.3) is 0 Å². The van der Waals surface area contributed by atoms with Crippen LogP contribution in [0.2, 0.25) is 0 Å². The molecule has 0 saturated heterocycles. The molecule has 7 heteroatoms. The molecule has 2 aromatic heterocycles. The lowest BCUT2D eigenvalue weighted by Gasteiger charge is -2.02. The van der Waals surface area contributed by atoms with Crippen molar-refractivity contribution in [3.8, 4) is 0 Å². The molecule has 2 aromatic rings. The molecule has 0 aliphatic rings. The van der Waals surface area contributed by atoms with E-state index in [9.17, 15) is 4.79 Å². The Labute approximate surface area is 97.7 Å². The summed E-state index contributed by atoms with van der Waals surface area (Å²) in [6.45, 7) is 0.566. The third-order valence-electron chi connectivity index (χ3n) is 2.14. The van der Waals surface area contributed by atoms with Crippen LogP contribution in [-0.4, -0.2) is 37.6 Å². The van der Waals surface area contributed by atoms with E-state index in [0.717, 1.165) is 18.7 Å². The topological polar surface area (TPSA) is 96.5 Å². The first-order valence-electron chi connectivity index (χ1n) is 5.25. The summed E-state index contributed by atoms with van der Waals surface area (Å²) in [6, 6.07) is 0. The number of carbonyl (C=O) groups is 1. The lowest BCUT2D eigenvalue weighted by Crippen LogP contribution is -2.25. The summed E-state index contributed by atoms with van der Waals surface area (Å²) in [4.78, 5) is 23.3. The highest BCUT2D eigenvalue weighted by atomic mass is 16.1. The van der Waals surface area contributed by atoms with Gasteiger partial charge in [0.05, 0.1) is 6.20 Å². The Morgan fingerprint density at radius 3 is 3.00 bits per heavy atom. The minimum Gasteiger partial charge on any atom is -0.351 e. The van der Waals surface area contributed by atoms with Crippen molar-refractivity contribution in [3.05, 3.63) is 36.4 Å². The van der Waals surface area contributed by atoms with Gasteiger partial charge in [0.25, 0.3) is 5.91 Å². The average molecular weight is 232 g/mol. The first-order chi connectivity index (χ1) is 8.36. The minimum absolute atomic E-state index is 0.212. The summed E-state index contributed by atoms with van der Waals surface area (Å²) in [5.74, 6) is 0.606. The molecule has 2 rings (SSSR count). The van der Waals surface area contributed by atoms with Gasteiger partial charge in [-0.2, -0.15) is 5.10 Å². The van der Waals surface area contributed by atoms with Gasteiger partial charge in [0, 0.05) is 25.4 Å². The van der Waals surface area contributed by atoms with E-state index in [0.29, 0.717) is 12.2 Å². The zero-order valence-electron chi connectivity index (χ0n) is 9.13. The van der Waals surface area contributed by atoms with Crippen LogP contribution in [-0.2, 0) is 6.42 Å². The number of aryl methyl sites for hydroxylation is 1. The second-order valence-electron chi connectivity index (χ2n) is 3.38. The maximum atomic E-state index is 11.6. The van der Waals surface area contributed by atoms with Gasteiger partial charge >= 0.3 is 0 Å². The molecule has 0 aromatic carbocycles. The quantitative estimate of drug-likeness (QED) is 0.705. The molecule has 0 radical (unpaired) electrons. The fourth-order valence-corrected chi connectivity index (χ4v) is 1.32. The Kier molecular flexibility index (Phi) is 3.74. The maximum Gasteiger partial charge on any atom is 0.271 e. The number of nitrogens with zero attached hydrogens (tertiary/aromatic N) is 4. The molecule has 0 fully saturated rings. The van der Waals surface area contributed by atoms with Crippen LogP contribution in [0.15, 0.2) is 24.9 Å². The van der Waals surface area contributed by atoms with Crippen LogP contribution in [0.4, 0.5) is 0 Å². The van der Waals surface area contributed by atoms with E-state index in [1.807, 2.05) is 0 Å². The van der Waals surface area contributed by atoms with Crippen molar-refractivity contribution in [3.63, 3.8) is 0 Å². The molecule has 2 N–H and O–H groups in total. The molecular weight excluding hydrogens is 220 g/mol. The van der Waals surface area contributed by atoms with E-state index < -0.39 is 0 Å². The summed E-state index contributed by atoms with van der Waals surface area (Å²) in [5, 5.41) is 9.26. The number of hydrogen-bond acceptors (Lipinski definition) is 5. The van der Waals surface area contributed by atoms with Crippen molar-refractivity contribution >= 4 is 5.91 Å². The summed E-state index contributed by atoms with van der Waals surface area (Å²) in [5.41, 5.74) is 0.326. The minimum atomic E-state index is -0.212. The fraction of sp³-hybridized carbons (Fsp3) is 0.300. The molecule has 0 unspecified atom stereocenters. The Morgan fingerprint density at radius 1 is 1.35 bits per heavy atom. The number of nitrogens with one attached hydrogen (secondary N) is 2. The summed E-state index contributed by atoms with van der Waals surface area (Å²) < 4.78 is 0. The molecule has 2 heterocycles. The molecule has 0 spiro atoms. The van der Waals surface area contributed by atoms with Crippen LogP contribution in [0.5, 0.6) is 0 Å². The third kappa shape index (κ3) is 3.33. The molecule has 0 atom stereocenters. The van der Waals surface area contributed by atoms with Crippen molar-refractivity contribution in [2.45, 2.75) is 12.8 Å². The van der Waals surface area contributed by atoms with Crippen LogP contribution in [0.1, 0.15) is 22.7 Å². The largest absolute Gasteiger partial charge is 0.351 e. The first kappa shape index (κ1) is 11.2. The van der Waals surface area contributed by atoms with Gasteiger partial charge in [0.1, 0.15) is 17.8 Å². The lowest BCUT2D eigenvalue weighted by atomic mass is 10.3. The maximum absolute atomic E-state index is 11.6. The Morgan fingerprint density at radius 2 is 2.29 bits per heavy atom. The molecule has 0 aliphatic carbocycles. The van der Waals surface area contributed by atoms with E-state index >= 15 is 0 Å². The van der Waals surface area contributed by atoms with Gasteiger partial charge in [0.15, 0.2) is 0 Å². The van der Waals surface area contributed by atoms with Crippen molar-refractivity contribution in [2.75, 3.05) is 6.54 Å². The van der Waals surface area contributed by atoms with Crippen LogP contribution >= 0.6 is 0 Å². The summed E-state index contributed by atoms with van der Waals surface area (Å²) in [6.07, 6.45) is 7.46. The monoisotopic (exact) mass is 232 g/mol. The van der Waals surface area contributed by atoms with E-state index in [1.54, 1.807) is 0 Å². The number of amides is 1. The number of aromatic nitrogens is 5. The Hall–Kier alpha value is -2.31. The number of H-pyrrole nitrogens is 1. The molecule has 0 aliphatic heterocycles. The number of rotatable bonds is 5. The number of carbonyl (C=O) groups excluding carboxylic acids is 1. The highest BCUT2D eigenvalue weighted by Gasteiger charge is 2.05. The predicted octanol–water partition coefficient (Wildman–Crippen LogP) is -0.0427. The number of aromatic amines is 1. The van der Waals surface area contributed by atoms with Crippen molar-refractivity contribution in [1.29, 1.82) is 0 Å². The zero-order chi connectivity index (χ0) is 11.9. The molecule has 0 saturated carbocycles. The van der Waals surface area contributed by atoms with Crippen LogP contribution in [0, 0.1) is 0 Å². The first-order valence-corrected chi connectivity index (χ1v) is 5.25. The van der Waals surface area contributed by atoms with Gasteiger partial charge in [-0.15, -0.1) is 0 Å². The Bertz CT molecular complexity index is 455. The summed E-state index contributed by atoms with van der Waals surface area (Å²) in [7, 11) is 0. The van der Waals surface area contributed by atoms with Crippen molar-refractivity contribution in [1.82, 2.24) is 30.5 Å². The summed E-state index contributed by atoms with van der Waals surface area (Å²) >= 11 is 0. The van der Waals surface area contributed by atoms with Crippen LogP contribution < -0.4 is 5.32 Å². The molecule has 1 amide bonds.